The van der Waals surface area contributed by atoms with Gasteiger partial charge in [-0.1, -0.05) is 16.6 Å². The van der Waals surface area contributed by atoms with Crippen LogP contribution in [0.1, 0.15) is 45.6 Å². The third kappa shape index (κ3) is 3.49. The lowest BCUT2D eigenvalue weighted by molar-refractivity contribution is 0.0737. The molecule has 0 saturated carbocycles. The summed E-state index contributed by atoms with van der Waals surface area (Å²) in [5, 5.41) is 3.98. The summed E-state index contributed by atoms with van der Waals surface area (Å²) < 4.78 is 9.17. The van der Waals surface area contributed by atoms with Gasteiger partial charge in [0, 0.05) is 12.2 Å². The zero-order chi connectivity index (χ0) is 19.7. The van der Waals surface area contributed by atoms with Crippen LogP contribution in [0.25, 0.3) is 11.1 Å². The van der Waals surface area contributed by atoms with Crippen molar-refractivity contribution in [3.63, 3.8) is 0 Å². The third-order valence-electron chi connectivity index (χ3n) is 5.10. The van der Waals surface area contributed by atoms with Gasteiger partial charge in [0.1, 0.15) is 10.6 Å². The number of hydrogen-bond donors (Lipinski definition) is 0. The Morgan fingerprint density at radius 1 is 1.18 bits per heavy atom. The van der Waals surface area contributed by atoms with Crippen molar-refractivity contribution >= 4 is 17.4 Å². The standard InChI is InChI=1S/C21H22N4O2S/c1-13-11-16(15-6-8-17(27-3)9-7-15)12-18(22-13)19-5-4-10-25(19)21(26)20-14(2)23-24-28-20/h6-9,11-12,19H,4-5,10H2,1-3H3/t19-/m0/s1. The van der Waals surface area contributed by atoms with Crippen molar-refractivity contribution in [2.45, 2.75) is 32.7 Å². The fourth-order valence-corrected chi connectivity index (χ4v) is 4.30. The molecule has 28 heavy (non-hydrogen) atoms. The van der Waals surface area contributed by atoms with E-state index < -0.39 is 0 Å². The Morgan fingerprint density at radius 2 is 1.96 bits per heavy atom. The number of methoxy groups -OCH3 is 1. The monoisotopic (exact) mass is 394 g/mol. The van der Waals surface area contributed by atoms with E-state index in [0.717, 1.165) is 59.2 Å². The number of likely N-dealkylation sites (tertiary alicyclic amines) is 1. The zero-order valence-corrected chi connectivity index (χ0v) is 17.0. The van der Waals surface area contributed by atoms with Crippen molar-refractivity contribution in [2.24, 2.45) is 0 Å². The number of hydrogen-bond acceptors (Lipinski definition) is 6. The number of benzene rings is 1. The number of ether oxygens (including phenoxy) is 1. The number of aromatic nitrogens is 3. The summed E-state index contributed by atoms with van der Waals surface area (Å²) in [5.41, 5.74) is 4.77. The van der Waals surface area contributed by atoms with Crippen molar-refractivity contribution in [3.8, 4) is 16.9 Å². The van der Waals surface area contributed by atoms with Gasteiger partial charge in [0.25, 0.3) is 5.91 Å². The van der Waals surface area contributed by atoms with Gasteiger partial charge in [-0.15, -0.1) is 5.10 Å². The minimum atomic E-state index is -0.0223. The fourth-order valence-electron chi connectivity index (χ4n) is 3.69. The van der Waals surface area contributed by atoms with Crippen molar-refractivity contribution in [2.75, 3.05) is 13.7 Å². The number of pyridine rings is 1. The lowest BCUT2D eigenvalue weighted by atomic mass is 10.0. The Balaban J connectivity index is 1.67. The van der Waals surface area contributed by atoms with Crippen LogP contribution in [-0.2, 0) is 0 Å². The van der Waals surface area contributed by atoms with E-state index >= 15 is 0 Å². The maximum atomic E-state index is 13.0. The van der Waals surface area contributed by atoms with Crippen LogP contribution >= 0.6 is 11.5 Å². The Kier molecular flexibility index (Phi) is 5.09. The molecule has 3 heterocycles. The van der Waals surface area contributed by atoms with Gasteiger partial charge in [0.05, 0.1) is 24.5 Å². The van der Waals surface area contributed by atoms with E-state index in [1.54, 1.807) is 7.11 Å². The highest BCUT2D eigenvalue weighted by Gasteiger charge is 2.33. The SMILES string of the molecule is COc1ccc(-c2cc(C)nc([C@@H]3CCCN3C(=O)c3snnc3C)c2)cc1. The second kappa shape index (κ2) is 7.67. The minimum absolute atomic E-state index is 0.00398. The van der Waals surface area contributed by atoms with E-state index in [4.69, 9.17) is 9.72 Å². The Morgan fingerprint density at radius 3 is 2.64 bits per heavy atom. The average Bonchev–Trinajstić information content (AvgIpc) is 3.36. The molecule has 1 aliphatic heterocycles. The number of aryl methyl sites for hydroxylation is 2. The molecule has 0 unspecified atom stereocenters. The molecule has 4 rings (SSSR count). The first-order valence-electron chi connectivity index (χ1n) is 9.30. The Bertz CT molecular complexity index is 1000. The summed E-state index contributed by atoms with van der Waals surface area (Å²) >= 11 is 1.16. The van der Waals surface area contributed by atoms with Crippen LogP contribution in [0, 0.1) is 13.8 Å². The van der Waals surface area contributed by atoms with Gasteiger partial charge in [-0.3, -0.25) is 9.78 Å². The van der Waals surface area contributed by atoms with E-state index in [9.17, 15) is 4.79 Å². The molecule has 7 heteroatoms. The number of amides is 1. The molecule has 1 fully saturated rings. The van der Waals surface area contributed by atoms with E-state index in [2.05, 4.69) is 21.7 Å². The molecule has 1 aliphatic rings. The van der Waals surface area contributed by atoms with Gasteiger partial charge in [0.2, 0.25) is 0 Å². The largest absolute Gasteiger partial charge is 0.497 e. The first kappa shape index (κ1) is 18.6. The van der Waals surface area contributed by atoms with Gasteiger partial charge in [0.15, 0.2) is 0 Å². The quantitative estimate of drug-likeness (QED) is 0.663. The molecule has 0 bridgehead atoms. The number of carbonyl (C=O) groups is 1. The van der Waals surface area contributed by atoms with Crippen molar-refractivity contribution in [3.05, 3.63) is 58.4 Å². The Hall–Kier alpha value is -2.80. The second-order valence-corrected chi connectivity index (χ2v) is 7.75. The van der Waals surface area contributed by atoms with Crippen molar-refractivity contribution < 1.29 is 9.53 Å². The molecule has 144 valence electrons. The van der Waals surface area contributed by atoms with E-state index in [-0.39, 0.29) is 11.9 Å². The van der Waals surface area contributed by atoms with Crippen LogP contribution in [-0.4, -0.2) is 39.0 Å². The van der Waals surface area contributed by atoms with Crippen LogP contribution in [0.5, 0.6) is 5.75 Å². The molecule has 1 amide bonds. The molecule has 0 N–H and O–H groups in total. The summed E-state index contributed by atoms with van der Waals surface area (Å²) in [5.74, 6) is 0.833. The maximum Gasteiger partial charge on any atom is 0.268 e. The summed E-state index contributed by atoms with van der Waals surface area (Å²) in [7, 11) is 1.66. The molecule has 0 aliphatic carbocycles. The van der Waals surface area contributed by atoms with Gasteiger partial charge >= 0.3 is 0 Å². The summed E-state index contributed by atoms with van der Waals surface area (Å²) in [6.07, 6.45) is 1.88. The predicted molar refractivity (Wildman–Crippen MR) is 109 cm³/mol. The molecule has 1 saturated heterocycles. The van der Waals surface area contributed by atoms with Crippen LogP contribution in [0.3, 0.4) is 0 Å². The number of carbonyl (C=O) groups excluding carboxylic acids is 1. The first-order chi connectivity index (χ1) is 13.6. The molecule has 2 aromatic heterocycles. The van der Waals surface area contributed by atoms with Gasteiger partial charge < -0.3 is 9.64 Å². The van der Waals surface area contributed by atoms with Crippen molar-refractivity contribution in [1.82, 2.24) is 19.5 Å². The third-order valence-corrected chi connectivity index (χ3v) is 5.91. The second-order valence-electron chi connectivity index (χ2n) is 6.99. The Labute approximate surface area is 168 Å². The number of nitrogens with zero attached hydrogens (tertiary/aromatic N) is 4. The molecule has 0 spiro atoms. The van der Waals surface area contributed by atoms with Crippen molar-refractivity contribution in [1.29, 1.82) is 0 Å². The lowest BCUT2D eigenvalue weighted by Crippen LogP contribution is -2.31. The highest BCUT2D eigenvalue weighted by molar-refractivity contribution is 7.07. The summed E-state index contributed by atoms with van der Waals surface area (Å²) in [6.45, 7) is 4.55. The van der Waals surface area contributed by atoms with Gasteiger partial charge in [-0.2, -0.15) is 0 Å². The summed E-state index contributed by atoms with van der Waals surface area (Å²) in [6, 6.07) is 12.1. The highest BCUT2D eigenvalue weighted by atomic mass is 32.1. The fraction of sp³-hybridized carbons (Fsp3) is 0.333. The van der Waals surface area contributed by atoms with E-state index in [1.807, 2.05) is 43.0 Å². The molecule has 1 aromatic carbocycles. The normalized spacial score (nSPS) is 16.4. The highest BCUT2D eigenvalue weighted by Crippen LogP contribution is 2.35. The van der Waals surface area contributed by atoms with Crippen LogP contribution in [0.15, 0.2) is 36.4 Å². The number of rotatable bonds is 4. The van der Waals surface area contributed by atoms with Gasteiger partial charge in [-0.05, 0) is 73.6 Å². The van der Waals surface area contributed by atoms with Gasteiger partial charge in [-0.25, -0.2) is 0 Å². The predicted octanol–water partition coefficient (Wildman–Crippen LogP) is 4.20. The lowest BCUT2D eigenvalue weighted by Gasteiger charge is -2.24. The molecular weight excluding hydrogens is 372 g/mol. The van der Waals surface area contributed by atoms with Crippen LogP contribution in [0.2, 0.25) is 0 Å². The maximum absolute atomic E-state index is 13.0. The molecule has 3 aromatic rings. The summed E-state index contributed by atoms with van der Waals surface area (Å²) in [4.78, 5) is 20.3. The molecule has 6 nitrogen and oxygen atoms in total. The molecule has 1 atom stereocenters. The minimum Gasteiger partial charge on any atom is -0.497 e. The van der Waals surface area contributed by atoms with Crippen LogP contribution in [0.4, 0.5) is 0 Å². The topological polar surface area (TPSA) is 68.2 Å². The molecule has 0 radical (unpaired) electrons. The average molecular weight is 395 g/mol. The van der Waals surface area contributed by atoms with E-state index in [1.165, 1.54) is 0 Å². The first-order valence-corrected chi connectivity index (χ1v) is 10.1. The van der Waals surface area contributed by atoms with E-state index in [0.29, 0.717) is 10.6 Å². The smallest absolute Gasteiger partial charge is 0.268 e. The zero-order valence-electron chi connectivity index (χ0n) is 16.2. The molecular formula is C21H22N4O2S. The van der Waals surface area contributed by atoms with Crippen LogP contribution < -0.4 is 4.74 Å².